The summed E-state index contributed by atoms with van der Waals surface area (Å²) in [5.41, 5.74) is 2.21. The maximum absolute atomic E-state index is 12.1. The second-order valence-electron chi connectivity index (χ2n) is 6.59. The summed E-state index contributed by atoms with van der Waals surface area (Å²) in [4.78, 5) is 22.5. The Morgan fingerprint density at radius 1 is 1.38 bits per heavy atom. The summed E-state index contributed by atoms with van der Waals surface area (Å²) in [6, 6.07) is 10.4. The standard InChI is InChI=1S/C20H28N4O2/c1-3-21-20(24-11-7-9-16(14-24)19(25)26-4-2)22-13-17-12-15-8-5-6-10-18(15)23-17/h5-6,8,10,12,16,23H,3-4,7,9,11,13-14H2,1-2H3,(H,21,22). The minimum Gasteiger partial charge on any atom is -0.466 e. The van der Waals surface area contributed by atoms with Crippen LogP contribution in [0.3, 0.4) is 0 Å². The summed E-state index contributed by atoms with van der Waals surface area (Å²) in [5, 5.41) is 4.56. The number of fused-ring (bicyclic) bond motifs is 1. The number of likely N-dealkylation sites (tertiary alicyclic amines) is 1. The third-order valence-electron chi connectivity index (χ3n) is 4.66. The van der Waals surface area contributed by atoms with Crippen LogP contribution in [0.4, 0.5) is 0 Å². The molecule has 1 unspecified atom stereocenters. The Labute approximate surface area is 154 Å². The Morgan fingerprint density at radius 2 is 2.23 bits per heavy atom. The molecule has 1 saturated heterocycles. The molecule has 0 spiro atoms. The van der Waals surface area contributed by atoms with Crippen molar-refractivity contribution in [1.29, 1.82) is 0 Å². The van der Waals surface area contributed by atoms with Crippen molar-refractivity contribution in [3.05, 3.63) is 36.0 Å². The van der Waals surface area contributed by atoms with Gasteiger partial charge in [0.05, 0.1) is 19.1 Å². The Hall–Kier alpha value is -2.50. The molecule has 0 amide bonds. The number of ether oxygens (including phenoxy) is 1. The number of aliphatic imine (C=N–C) groups is 1. The number of esters is 1. The quantitative estimate of drug-likeness (QED) is 0.491. The smallest absolute Gasteiger partial charge is 0.310 e. The Morgan fingerprint density at radius 3 is 3.00 bits per heavy atom. The first-order chi connectivity index (χ1) is 12.7. The lowest BCUT2D eigenvalue weighted by Gasteiger charge is -2.34. The van der Waals surface area contributed by atoms with Crippen LogP contribution in [-0.2, 0) is 16.1 Å². The normalized spacial score (nSPS) is 18.2. The molecule has 1 fully saturated rings. The Kier molecular flexibility index (Phi) is 6.15. The molecule has 6 heteroatoms. The maximum Gasteiger partial charge on any atom is 0.310 e. The van der Waals surface area contributed by atoms with Gasteiger partial charge in [0.2, 0.25) is 0 Å². The molecule has 2 aromatic rings. The molecule has 6 nitrogen and oxygen atoms in total. The van der Waals surface area contributed by atoms with Gasteiger partial charge in [0.1, 0.15) is 0 Å². The summed E-state index contributed by atoms with van der Waals surface area (Å²) in [7, 11) is 0. The van der Waals surface area contributed by atoms with Crippen LogP contribution in [0, 0.1) is 5.92 Å². The molecule has 0 saturated carbocycles. The largest absolute Gasteiger partial charge is 0.466 e. The molecular weight excluding hydrogens is 328 g/mol. The lowest BCUT2D eigenvalue weighted by molar-refractivity contribution is -0.149. The lowest BCUT2D eigenvalue weighted by Crippen LogP contribution is -2.48. The average molecular weight is 356 g/mol. The number of aromatic nitrogens is 1. The number of carbonyl (C=O) groups excluding carboxylic acids is 1. The number of H-pyrrole nitrogens is 1. The fraction of sp³-hybridized carbons (Fsp3) is 0.500. The van der Waals surface area contributed by atoms with Gasteiger partial charge in [-0.3, -0.25) is 4.79 Å². The van der Waals surface area contributed by atoms with Crippen molar-refractivity contribution in [3.8, 4) is 0 Å². The van der Waals surface area contributed by atoms with Gasteiger partial charge in [0.15, 0.2) is 5.96 Å². The van der Waals surface area contributed by atoms with Crippen LogP contribution in [-0.4, -0.2) is 48.1 Å². The zero-order chi connectivity index (χ0) is 18.4. The highest BCUT2D eigenvalue weighted by molar-refractivity contribution is 5.82. The highest BCUT2D eigenvalue weighted by atomic mass is 16.5. The van der Waals surface area contributed by atoms with E-state index in [9.17, 15) is 4.79 Å². The fourth-order valence-corrected chi connectivity index (χ4v) is 3.43. The molecule has 1 aliphatic heterocycles. The molecule has 1 atom stereocenters. The van der Waals surface area contributed by atoms with Crippen LogP contribution < -0.4 is 5.32 Å². The number of nitrogens with zero attached hydrogens (tertiary/aromatic N) is 2. The van der Waals surface area contributed by atoms with E-state index in [4.69, 9.17) is 9.73 Å². The number of carbonyl (C=O) groups is 1. The number of piperidine rings is 1. The van der Waals surface area contributed by atoms with Crippen molar-refractivity contribution in [1.82, 2.24) is 15.2 Å². The molecule has 0 radical (unpaired) electrons. The van der Waals surface area contributed by atoms with Gasteiger partial charge in [-0.05, 0) is 44.2 Å². The van der Waals surface area contributed by atoms with E-state index in [1.54, 1.807) is 0 Å². The predicted molar refractivity (Wildman–Crippen MR) is 104 cm³/mol. The Bertz CT molecular complexity index is 735. The van der Waals surface area contributed by atoms with Crippen LogP contribution >= 0.6 is 0 Å². The number of aromatic amines is 1. The number of nitrogens with one attached hydrogen (secondary N) is 2. The van der Waals surface area contributed by atoms with E-state index in [0.717, 1.165) is 43.1 Å². The van der Waals surface area contributed by atoms with E-state index in [1.807, 2.05) is 19.1 Å². The summed E-state index contributed by atoms with van der Waals surface area (Å²) in [6.07, 6.45) is 1.86. The number of benzene rings is 1. The molecular formula is C20H28N4O2. The molecule has 3 rings (SSSR count). The minimum absolute atomic E-state index is 0.0689. The number of hydrogen-bond acceptors (Lipinski definition) is 3. The number of guanidine groups is 1. The van der Waals surface area contributed by atoms with Crippen LogP contribution in [0.5, 0.6) is 0 Å². The van der Waals surface area contributed by atoms with E-state index in [0.29, 0.717) is 19.7 Å². The van der Waals surface area contributed by atoms with E-state index >= 15 is 0 Å². The lowest BCUT2D eigenvalue weighted by atomic mass is 9.98. The van der Waals surface area contributed by atoms with E-state index in [2.05, 4.69) is 40.3 Å². The molecule has 1 aliphatic rings. The molecule has 2 N–H and O–H groups in total. The molecule has 0 bridgehead atoms. The van der Waals surface area contributed by atoms with Crippen molar-refractivity contribution in [3.63, 3.8) is 0 Å². The van der Waals surface area contributed by atoms with Crippen LogP contribution in [0.2, 0.25) is 0 Å². The highest BCUT2D eigenvalue weighted by Gasteiger charge is 2.28. The maximum atomic E-state index is 12.1. The molecule has 140 valence electrons. The topological polar surface area (TPSA) is 69.7 Å². The predicted octanol–water partition coefficient (Wildman–Crippen LogP) is 2.91. The zero-order valence-corrected chi connectivity index (χ0v) is 15.6. The molecule has 1 aromatic heterocycles. The Balaban J connectivity index is 1.70. The molecule has 2 heterocycles. The molecule has 1 aromatic carbocycles. The first-order valence-corrected chi connectivity index (χ1v) is 9.47. The molecule has 0 aliphatic carbocycles. The second-order valence-corrected chi connectivity index (χ2v) is 6.59. The third kappa shape index (κ3) is 4.36. The summed E-state index contributed by atoms with van der Waals surface area (Å²) >= 11 is 0. The number of rotatable bonds is 5. The fourth-order valence-electron chi connectivity index (χ4n) is 3.43. The summed E-state index contributed by atoms with van der Waals surface area (Å²) in [6.45, 7) is 7.30. The van der Waals surface area contributed by atoms with Crippen molar-refractivity contribution >= 4 is 22.8 Å². The van der Waals surface area contributed by atoms with Crippen molar-refractivity contribution in [2.75, 3.05) is 26.2 Å². The van der Waals surface area contributed by atoms with Crippen molar-refractivity contribution < 1.29 is 9.53 Å². The summed E-state index contributed by atoms with van der Waals surface area (Å²) in [5.74, 6) is 0.699. The van der Waals surface area contributed by atoms with Crippen LogP contribution in [0.1, 0.15) is 32.4 Å². The van der Waals surface area contributed by atoms with Crippen molar-refractivity contribution in [2.24, 2.45) is 10.9 Å². The number of para-hydroxylation sites is 1. The van der Waals surface area contributed by atoms with Crippen LogP contribution in [0.25, 0.3) is 10.9 Å². The third-order valence-corrected chi connectivity index (χ3v) is 4.66. The SMILES string of the molecule is CCNC(=NCc1cc2ccccc2[nH]1)N1CCCC(C(=O)OCC)C1. The van der Waals surface area contributed by atoms with E-state index < -0.39 is 0 Å². The van der Waals surface area contributed by atoms with Crippen molar-refractivity contribution in [2.45, 2.75) is 33.2 Å². The van der Waals surface area contributed by atoms with Gasteiger partial charge in [-0.15, -0.1) is 0 Å². The van der Waals surface area contributed by atoms with Gasteiger partial charge in [0, 0.05) is 30.8 Å². The monoisotopic (exact) mass is 356 g/mol. The highest BCUT2D eigenvalue weighted by Crippen LogP contribution is 2.19. The van der Waals surface area contributed by atoms with Gasteiger partial charge < -0.3 is 19.9 Å². The zero-order valence-electron chi connectivity index (χ0n) is 15.6. The van der Waals surface area contributed by atoms with Crippen LogP contribution in [0.15, 0.2) is 35.3 Å². The van der Waals surface area contributed by atoms with E-state index in [1.165, 1.54) is 5.39 Å². The minimum atomic E-state index is -0.0938. The first-order valence-electron chi connectivity index (χ1n) is 9.47. The second kappa shape index (κ2) is 8.74. The summed E-state index contributed by atoms with van der Waals surface area (Å²) < 4.78 is 5.20. The van der Waals surface area contributed by atoms with E-state index in [-0.39, 0.29) is 11.9 Å². The average Bonchev–Trinajstić information content (AvgIpc) is 3.08. The van der Waals surface area contributed by atoms with Gasteiger partial charge in [-0.1, -0.05) is 18.2 Å². The molecule has 26 heavy (non-hydrogen) atoms. The first kappa shape index (κ1) is 18.3. The van der Waals surface area contributed by atoms with Gasteiger partial charge in [-0.25, -0.2) is 4.99 Å². The van der Waals surface area contributed by atoms with Gasteiger partial charge in [-0.2, -0.15) is 0 Å². The number of hydrogen-bond donors (Lipinski definition) is 2. The van der Waals surface area contributed by atoms with Gasteiger partial charge in [0.25, 0.3) is 0 Å². The van der Waals surface area contributed by atoms with Gasteiger partial charge >= 0.3 is 5.97 Å².